The normalized spacial score (nSPS) is 14.6. The van der Waals surface area contributed by atoms with E-state index in [4.69, 9.17) is 9.47 Å². The first-order valence-corrected chi connectivity index (χ1v) is 12.9. The molecule has 0 saturated carbocycles. The van der Waals surface area contributed by atoms with Gasteiger partial charge in [0, 0.05) is 0 Å². The summed E-state index contributed by atoms with van der Waals surface area (Å²) in [5.41, 5.74) is 1.16. The zero-order chi connectivity index (χ0) is 27.5. The first-order chi connectivity index (χ1) is 18.9. The number of amides is 4. The number of imide groups is 2. The van der Waals surface area contributed by atoms with E-state index in [-0.39, 0.29) is 17.9 Å². The van der Waals surface area contributed by atoms with Crippen molar-refractivity contribution in [1.29, 1.82) is 0 Å². The van der Waals surface area contributed by atoms with Gasteiger partial charge in [-0.05, 0) is 81.2 Å². The molecule has 9 heteroatoms. The van der Waals surface area contributed by atoms with Crippen molar-refractivity contribution in [2.45, 2.75) is 13.5 Å². The summed E-state index contributed by atoms with van der Waals surface area (Å²) in [7, 11) is 0. The molecule has 1 fully saturated rings. The Morgan fingerprint density at radius 1 is 0.949 bits per heavy atom. The molecule has 0 aliphatic carbocycles. The molecule has 0 aromatic heterocycles. The van der Waals surface area contributed by atoms with Crippen molar-refractivity contribution >= 4 is 56.3 Å². The number of urea groups is 1. The van der Waals surface area contributed by atoms with E-state index in [1.165, 1.54) is 24.3 Å². The van der Waals surface area contributed by atoms with Crippen LogP contribution in [0, 0.1) is 5.82 Å². The second-order valence-corrected chi connectivity index (χ2v) is 9.48. The van der Waals surface area contributed by atoms with Gasteiger partial charge in [-0.2, -0.15) is 0 Å². The maximum atomic E-state index is 13.8. The number of hydrogen-bond acceptors (Lipinski definition) is 5. The molecule has 0 spiro atoms. The molecule has 0 bridgehead atoms. The van der Waals surface area contributed by atoms with Crippen molar-refractivity contribution in [3.05, 3.63) is 106 Å². The Morgan fingerprint density at radius 3 is 2.51 bits per heavy atom. The summed E-state index contributed by atoms with van der Waals surface area (Å²) >= 11 is 3.53. The molecule has 5 rings (SSSR count). The van der Waals surface area contributed by atoms with Crippen LogP contribution in [-0.4, -0.2) is 24.5 Å². The largest absolute Gasteiger partial charge is 0.490 e. The van der Waals surface area contributed by atoms with Crippen LogP contribution in [0.1, 0.15) is 18.1 Å². The third-order valence-corrected chi connectivity index (χ3v) is 6.65. The van der Waals surface area contributed by atoms with Gasteiger partial charge in [0.25, 0.3) is 11.8 Å². The van der Waals surface area contributed by atoms with Gasteiger partial charge in [0.1, 0.15) is 18.0 Å². The Balaban J connectivity index is 1.47. The molecular formula is C30H22BrFN2O5. The molecular weight excluding hydrogens is 567 g/mol. The van der Waals surface area contributed by atoms with Crippen molar-refractivity contribution in [1.82, 2.24) is 5.32 Å². The van der Waals surface area contributed by atoms with E-state index in [1.807, 2.05) is 49.4 Å². The Labute approximate surface area is 232 Å². The minimum absolute atomic E-state index is 0.00395. The van der Waals surface area contributed by atoms with Crippen LogP contribution in [0.3, 0.4) is 0 Å². The molecule has 1 aliphatic rings. The molecule has 39 heavy (non-hydrogen) atoms. The van der Waals surface area contributed by atoms with Crippen LogP contribution in [0.4, 0.5) is 14.9 Å². The zero-order valence-electron chi connectivity index (χ0n) is 20.7. The van der Waals surface area contributed by atoms with Crippen LogP contribution in [0.25, 0.3) is 16.8 Å². The van der Waals surface area contributed by atoms with E-state index < -0.39 is 23.7 Å². The third kappa shape index (κ3) is 5.39. The topological polar surface area (TPSA) is 84.9 Å². The maximum Gasteiger partial charge on any atom is 0.335 e. The third-order valence-electron chi connectivity index (χ3n) is 6.06. The lowest BCUT2D eigenvalue weighted by atomic mass is 10.1. The summed E-state index contributed by atoms with van der Waals surface area (Å²) in [6, 6.07) is 21.4. The number of ether oxygens (including phenoxy) is 2. The number of barbiturate groups is 1. The van der Waals surface area contributed by atoms with E-state index in [0.717, 1.165) is 27.3 Å². The smallest absolute Gasteiger partial charge is 0.335 e. The summed E-state index contributed by atoms with van der Waals surface area (Å²) in [5.74, 6) is -1.49. The molecule has 0 unspecified atom stereocenters. The summed E-state index contributed by atoms with van der Waals surface area (Å²) in [4.78, 5) is 38.9. The number of rotatable bonds is 7. The van der Waals surface area contributed by atoms with Gasteiger partial charge in [0.05, 0.1) is 16.8 Å². The highest BCUT2D eigenvalue weighted by Crippen LogP contribution is 2.38. The van der Waals surface area contributed by atoms with Crippen LogP contribution in [0.5, 0.6) is 11.5 Å². The van der Waals surface area contributed by atoms with Crippen LogP contribution in [0.2, 0.25) is 0 Å². The zero-order valence-corrected chi connectivity index (χ0v) is 22.3. The number of carbonyl (C=O) groups is 3. The van der Waals surface area contributed by atoms with Crippen molar-refractivity contribution < 1.29 is 28.2 Å². The van der Waals surface area contributed by atoms with Gasteiger partial charge in [0.15, 0.2) is 11.5 Å². The first-order valence-electron chi connectivity index (χ1n) is 12.1. The van der Waals surface area contributed by atoms with Crippen LogP contribution >= 0.6 is 15.9 Å². The van der Waals surface area contributed by atoms with Crippen molar-refractivity contribution in [2.24, 2.45) is 0 Å². The minimum Gasteiger partial charge on any atom is -0.490 e. The average Bonchev–Trinajstić information content (AvgIpc) is 2.91. The quantitative estimate of drug-likeness (QED) is 0.200. The highest BCUT2D eigenvalue weighted by Gasteiger charge is 2.37. The van der Waals surface area contributed by atoms with Crippen molar-refractivity contribution in [2.75, 3.05) is 11.5 Å². The molecule has 1 aliphatic heterocycles. The van der Waals surface area contributed by atoms with Crippen LogP contribution in [-0.2, 0) is 16.2 Å². The Bertz CT molecular complexity index is 1650. The van der Waals surface area contributed by atoms with Gasteiger partial charge in [-0.1, -0.05) is 48.5 Å². The Hall–Kier alpha value is -4.50. The fourth-order valence-corrected chi connectivity index (χ4v) is 4.89. The molecule has 196 valence electrons. The summed E-state index contributed by atoms with van der Waals surface area (Å²) in [6.07, 6.45) is 1.35. The standard InChI is InChI=1S/C30H22BrFN2O5/c1-2-38-26-15-18(13-24-28(35)33-30(37)34(29(24)36)22-11-6-10-21(32)16-22)14-25(31)27(26)39-17-20-9-5-8-19-7-3-4-12-23(19)20/h3-16H,2,17H2,1H3,(H,33,35,37)/b24-13+. The van der Waals surface area contributed by atoms with E-state index in [2.05, 4.69) is 21.2 Å². The van der Waals surface area contributed by atoms with Gasteiger partial charge in [-0.15, -0.1) is 0 Å². The SMILES string of the molecule is CCOc1cc(/C=C2\C(=O)NC(=O)N(c3cccc(F)c3)C2=O)cc(Br)c1OCc1cccc2ccccc12. The van der Waals surface area contributed by atoms with E-state index in [1.54, 1.807) is 12.1 Å². The lowest BCUT2D eigenvalue weighted by molar-refractivity contribution is -0.122. The molecule has 0 atom stereocenters. The average molecular weight is 589 g/mol. The van der Waals surface area contributed by atoms with Gasteiger partial charge < -0.3 is 9.47 Å². The van der Waals surface area contributed by atoms with Crippen molar-refractivity contribution in [3.8, 4) is 11.5 Å². The first kappa shape index (κ1) is 26.1. The fourth-order valence-electron chi connectivity index (χ4n) is 4.32. The molecule has 0 radical (unpaired) electrons. The molecule has 4 aromatic rings. The number of nitrogens with one attached hydrogen (secondary N) is 1. The predicted molar refractivity (Wildman–Crippen MR) is 149 cm³/mol. The molecule has 4 aromatic carbocycles. The van der Waals surface area contributed by atoms with E-state index in [0.29, 0.717) is 28.1 Å². The van der Waals surface area contributed by atoms with Gasteiger partial charge in [0.2, 0.25) is 0 Å². The number of benzene rings is 4. The molecule has 4 amide bonds. The Morgan fingerprint density at radius 2 is 1.72 bits per heavy atom. The lowest BCUT2D eigenvalue weighted by Crippen LogP contribution is -2.54. The summed E-state index contributed by atoms with van der Waals surface area (Å²) < 4.78 is 26.3. The van der Waals surface area contributed by atoms with E-state index >= 15 is 0 Å². The number of halogens is 2. The second-order valence-electron chi connectivity index (χ2n) is 8.63. The Kier molecular flexibility index (Phi) is 7.42. The highest BCUT2D eigenvalue weighted by molar-refractivity contribution is 9.10. The van der Waals surface area contributed by atoms with Gasteiger partial charge in [-0.25, -0.2) is 14.1 Å². The molecule has 1 N–H and O–H groups in total. The highest BCUT2D eigenvalue weighted by atomic mass is 79.9. The van der Waals surface area contributed by atoms with Crippen molar-refractivity contribution in [3.63, 3.8) is 0 Å². The number of fused-ring (bicyclic) bond motifs is 1. The van der Waals surface area contributed by atoms with Gasteiger partial charge in [-0.3, -0.25) is 14.9 Å². The molecule has 7 nitrogen and oxygen atoms in total. The number of carbonyl (C=O) groups excluding carboxylic acids is 3. The molecule has 1 heterocycles. The van der Waals surface area contributed by atoms with Crippen LogP contribution < -0.4 is 19.7 Å². The fraction of sp³-hybridized carbons (Fsp3) is 0.100. The van der Waals surface area contributed by atoms with E-state index in [9.17, 15) is 18.8 Å². The van der Waals surface area contributed by atoms with Crippen LogP contribution in [0.15, 0.2) is 88.9 Å². The lowest BCUT2D eigenvalue weighted by Gasteiger charge is -2.26. The second kappa shape index (κ2) is 11.1. The molecule has 1 saturated heterocycles. The maximum absolute atomic E-state index is 13.8. The summed E-state index contributed by atoms with van der Waals surface area (Å²) in [5, 5.41) is 4.32. The number of hydrogen-bond donors (Lipinski definition) is 1. The van der Waals surface area contributed by atoms with Gasteiger partial charge >= 0.3 is 6.03 Å². The number of anilines is 1. The predicted octanol–water partition coefficient (Wildman–Crippen LogP) is 6.39. The number of nitrogens with zero attached hydrogens (tertiary/aromatic N) is 1. The monoisotopic (exact) mass is 588 g/mol. The summed E-state index contributed by atoms with van der Waals surface area (Å²) in [6.45, 7) is 2.46. The minimum atomic E-state index is -0.957.